The summed E-state index contributed by atoms with van der Waals surface area (Å²) < 4.78 is 0. The maximum atomic E-state index is 12.2. The van der Waals surface area contributed by atoms with E-state index in [1.807, 2.05) is 4.90 Å². The summed E-state index contributed by atoms with van der Waals surface area (Å²) in [6, 6.07) is 0.787. The van der Waals surface area contributed by atoms with E-state index in [2.05, 4.69) is 19.2 Å². The molecule has 2 atom stereocenters. The highest BCUT2D eigenvalue weighted by Crippen LogP contribution is 2.26. The maximum Gasteiger partial charge on any atom is 0.318 e. The van der Waals surface area contributed by atoms with Gasteiger partial charge in [-0.1, -0.05) is 0 Å². The van der Waals surface area contributed by atoms with Crippen molar-refractivity contribution in [1.29, 1.82) is 0 Å². The Labute approximate surface area is 114 Å². The van der Waals surface area contributed by atoms with Crippen molar-refractivity contribution in [1.82, 2.24) is 10.2 Å². The highest BCUT2D eigenvalue weighted by atomic mass is 16.4. The van der Waals surface area contributed by atoms with Crippen LogP contribution < -0.4 is 5.32 Å². The summed E-state index contributed by atoms with van der Waals surface area (Å²) in [5.74, 6) is -0.927. The van der Waals surface area contributed by atoms with E-state index in [0.717, 1.165) is 25.7 Å². The number of hydrogen-bond acceptors (Lipinski definition) is 2. The molecule has 2 amide bonds. The number of carbonyl (C=O) groups is 2. The fraction of sp³-hybridized carbons (Fsp3) is 0.857. The lowest BCUT2D eigenvalue weighted by atomic mass is 9.86. The molecule has 0 aromatic carbocycles. The molecule has 108 valence electrons. The molecule has 2 N–H and O–H groups in total. The van der Waals surface area contributed by atoms with Crippen LogP contribution in [0.1, 0.15) is 52.4 Å². The van der Waals surface area contributed by atoms with Gasteiger partial charge in [0.25, 0.3) is 0 Å². The van der Waals surface area contributed by atoms with Gasteiger partial charge in [0, 0.05) is 18.1 Å². The van der Waals surface area contributed by atoms with Gasteiger partial charge in [0.1, 0.15) is 0 Å². The minimum absolute atomic E-state index is 0.0243. The molecule has 0 aromatic heterocycles. The summed E-state index contributed by atoms with van der Waals surface area (Å²) in [7, 11) is 0. The SMILES string of the molecule is CC1CCC(C)N1C(=O)NC1CCC(C(=O)O)CC1. The molecule has 0 bridgehead atoms. The molecular weight excluding hydrogens is 244 g/mol. The third-order valence-corrected chi connectivity index (χ3v) is 4.59. The van der Waals surface area contributed by atoms with Crippen LogP contribution in [0.4, 0.5) is 4.79 Å². The number of carbonyl (C=O) groups excluding carboxylic acids is 1. The number of urea groups is 1. The molecule has 0 spiro atoms. The molecule has 2 rings (SSSR count). The Bertz CT molecular complexity index is 341. The van der Waals surface area contributed by atoms with Gasteiger partial charge in [-0.2, -0.15) is 0 Å². The second kappa shape index (κ2) is 5.80. The van der Waals surface area contributed by atoms with E-state index >= 15 is 0 Å². The number of likely N-dealkylation sites (tertiary alicyclic amines) is 1. The smallest absolute Gasteiger partial charge is 0.318 e. The summed E-state index contributed by atoms with van der Waals surface area (Å²) in [4.78, 5) is 25.1. The Morgan fingerprint density at radius 1 is 1.00 bits per heavy atom. The van der Waals surface area contributed by atoms with Gasteiger partial charge in [0.15, 0.2) is 0 Å². The Balaban J connectivity index is 1.82. The Morgan fingerprint density at radius 3 is 2.00 bits per heavy atom. The molecule has 5 nitrogen and oxygen atoms in total. The highest BCUT2D eigenvalue weighted by molar-refractivity contribution is 5.75. The van der Waals surface area contributed by atoms with E-state index in [-0.39, 0.29) is 18.0 Å². The van der Waals surface area contributed by atoms with Crippen molar-refractivity contribution >= 4 is 12.0 Å². The molecule has 2 unspecified atom stereocenters. The first-order valence-electron chi connectivity index (χ1n) is 7.30. The van der Waals surface area contributed by atoms with Crippen molar-refractivity contribution < 1.29 is 14.7 Å². The number of rotatable bonds is 2. The van der Waals surface area contributed by atoms with Crippen LogP contribution in [0.5, 0.6) is 0 Å². The third kappa shape index (κ3) is 3.19. The molecule has 1 saturated heterocycles. The molecule has 5 heteroatoms. The quantitative estimate of drug-likeness (QED) is 0.806. The van der Waals surface area contributed by atoms with Crippen molar-refractivity contribution in [2.45, 2.75) is 70.5 Å². The van der Waals surface area contributed by atoms with Gasteiger partial charge in [-0.15, -0.1) is 0 Å². The van der Waals surface area contributed by atoms with Crippen LogP contribution in [-0.2, 0) is 4.79 Å². The van der Waals surface area contributed by atoms with Crippen LogP contribution in [-0.4, -0.2) is 40.1 Å². The standard InChI is InChI=1S/C14H24N2O3/c1-9-3-4-10(2)16(9)14(19)15-12-7-5-11(6-8-12)13(17)18/h9-12H,3-8H2,1-2H3,(H,15,19)(H,17,18). The van der Waals surface area contributed by atoms with Gasteiger partial charge in [-0.3, -0.25) is 4.79 Å². The first-order chi connectivity index (χ1) is 8.99. The lowest BCUT2D eigenvalue weighted by molar-refractivity contribution is -0.142. The Morgan fingerprint density at radius 2 is 1.53 bits per heavy atom. The third-order valence-electron chi connectivity index (χ3n) is 4.59. The monoisotopic (exact) mass is 268 g/mol. The molecule has 1 aliphatic heterocycles. The van der Waals surface area contributed by atoms with Crippen LogP contribution in [0, 0.1) is 5.92 Å². The number of nitrogens with zero attached hydrogens (tertiary/aromatic N) is 1. The number of hydrogen-bond donors (Lipinski definition) is 2. The average molecular weight is 268 g/mol. The van der Waals surface area contributed by atoms with E-state index in [0.29, 0.717) is 24.9 Å². The lowest BCUT2D eigenvalue weighted by Gasteiger charge is -2.32. The zero-order valence-corrected chi connectivity index (χ0v) is 11.8. The molecule has 0 radical (unpaired) electrons. The van der Waals surface area contributed by atoms with E-state index in [9.17, 15) is 9.59 Å². The summed E-state index contributed by atoms with van der Waals surface area (Å²) in [5, 5.41) is 12.0. The van der Waals surface area contributed by atoms with Crippen LogP contribution in [0.2, 0.25) is 0 Å². The number of carboxylic acid groups (broad SMARTS) is 1. The number of aliphatic carboxylic acids is 1. The van der Waals surface area contributed by atoms with Crippen LogP contribution >= 0.6 is 0 Å². The van der Waals surface area contributed by atoms with Crippen LogP contribution in [0.15, 0.2) is 0 Å². The molecule has 0 aromatic rings. The van der Waals surface area contributed by atoms with Crippen molar-refractivity contribution in [3.63, 3.8) is 0 Å². The second-order valence-electron chi connectivity index (χ2n) is 6.02. The van der Waals surface area contributed by atoms with Crippen molar-refractivity contribution in [2.24, 2.45) is 5.92 Å². The lowest BCUT2D eigenvalue weighted by Crippen LogP contribution is -2.49. The topological polar surface area (TPSA) is 69.6 Å². The van der Waals surface area contributed by atoms with E-state index < -0.39 is 5.97 Å². The van der Waals surface area contributed by atoms with E-state index in [1.165, 1.54) is 0 Å². The average Bonchev–Trinajstić information content (AvgIpc) is 2.69. The van der Waals surface area contributed by atoms with Gasteiger partial charge in [-0.05, 0) is 52.4 Å². The molecular formula is C14H24N2O3. The van der Waals surface area contributed by atoms with Crippen molar-refractivity contribution in [2.75, 3.05) is 0 Å². The molecule has 2 aliphatic rings. The molecule has 19 heavy (non-hydrogen) atoms. The summed E-state index contributed by atoms with van der Waals surface area (Å²) in [6.45, 7) is 4.18. The zero-order chi connectivity index (χ0) is 14.0. The van der Waals surface area contributed by atoms with Crippen molar-refractivity contribution in [3.05, 3.63) is 0 Å². The van der Waals surface area contributed by atoms with E-state index in [1.54, 1.807) is 0 Å². The molecule has 1 saturated carbocycles. The minimum atomic E-state index is -0.702. The highest BCUT2D eigenvalue weighted by Gasteiger charge is 2.33. The Kier molecular flexibility index (Phi) is 4.32. The normalized spacial score (nSPS) is 35.2. The maximum absolute atomic E-state index is 12.2. The number of nitrogens with one attached hydrogen (secondary N) is 1. The summed E-state index contributed by atoms with van der Waals surface area (Å²) >= 11 is 0. The van der Waals surface area contributed by atoms with Crippen LogP contribution in [0.3, 0.4) is 0 Å². The van der Waals surface area contributed by atoms with Crippen LogP contribution in [0.25, 0.3) is 0 Å². The number of amides is 2. The van der Waals surface area contributed by atoms with E-state index in [4.69, 9.17) is 5.11 Å². The van der Waals surface area contributed by atoms with Gasteiger partial charge < -0.3 is 15.3 Å². The van der Waals surface area contributed by atoms with Gasteiger partial charge in [0.2, 0.25) is 0 Å². The summed E-state index contributed by atoms with van der Waals surface area (Å²) in [6.07, 6.45) is 5.04. The van der Waals surface area contributed by atoms with Crippen molar-refractivity contribution in [3.8, 4) is 0 Å². The molecule has 2 fully saturated rings. The largest absolute Gasteiger partial charge is 0.481 e. The first kappa shape index (κ1) is 14.2. The van der Waals surface area contributed by atoms with Gasteiger partial charge >= 0.3 is 12.0 Å². The van der Waals surface area contributed by atoms with Gasteiger partial charge in [-0.25, -0.2) is 4.79 Å². The first-order valence-corrected chi connectivity index (χ1v) is 7.30. The zero-order valence-electron chi connectivity index (χ0n) is 11.8. The fourth-order valence-corrected chi connectivity index (χ4v) is 3.33. The minimum Gasteiger partial charge on any atom is -0.481 e. The Hall–Kier alpha value is -1.26. The molecule has 1 heterocycles. The fourth-order valence-electron chi connectivity index (χ4n) is 3.33. The second-order valence-corrected chi connectivity index (χ2v) is 6.02. The van der Waals surface area contributed by atoms with Gasteiger partial charge in [0.05, 0.1) is 5.92 Å². The number of carboxylic acids is 1. The molecule has 1 aliphatic carbocycles. The predicted molar refractivity (Wildman–Crippen MR) is 71.9 cm³/mol. The predicted octanol–water partition coefficient (Wildman–Crippen LogP) is 2.21. The summed E-state index contributed by atoms with van der Waals surface area (Å²) in [5.41, 5.74) is 0.